The van der Waals surface area contributed by atoms with E-state index < -0.39 is 0 Å². The van der Waals surface area contributed by atoms with Crippen molar-refractivity contribution in [2.45, 2.75) is 19.3 Å². The first-order chi connectivity index (χ1) is 26.1. The molecule has 0 N–H and O–H groups in total. The minimum atomic E-state index is -0.0480. The molecule has 0 heteroatoms. The lowest BCUT2D eigenvalue weighted by Crippen LogP contribution is -2.14. The van der Waals surface area contributed by atoms with Crippen molar-refractivity contribution in [2.24, 2.45) is 0 Å². The molecular formula is C53H36. The Kier molecular flexibility index (Phi) is 6.40. The zero-order valence-electron chi connectivity index (χ0n) is 29.8. The highest BCUT2D eigenvalue weighted by molar-refractivity contribution is 6.27. The Morgan fingerprint density at radius 1 is 0.264 bits per heavy atom. The Hall–Kier alpha value is -6.50. The lowest BCUT2D eigenvalue weighted by molar-refractivity contribution is 0.660. The van der Waals surface area contributed by atoms with Crippen LogP contribution in [0.15, 0.2) is 182 Å². The minimum absolute atomic E-state index is 0.0480. The summed E-state index contributed by atoms with van der Waals surface area (Å²) in [6, 6.07) is 67.9. The Morgan fingerprint density at radius 3 is 1.36 bits per heavy atom. The number of rotatable bonds is 3. The quantitative estimate of drug-likeness (QED) is 0.129. The van der Waals surface area contributed by atoms with E-state index in [0.717, 1.165) is 0 Å². The molecule has 10 aromatic rings. The van der Waals surface area contributed by atoms with Crippen molar-refractivity contribution in [3.8, 4) is 44.5 Å². The van der Waals surface area contributed by atoms with Crippen molar-refractivity contribution >= 4 is 53.9 Å². The molecule has 0 nitrogen and oxygen atoms in total. The molecule has 0 aliphatic heterocycles. The van der Waals surface area contributed by atoms with Crippen LogP contribution in [0, 0.1) is 0 Å². The molecule has 0 aromatic heterocycles. The molecule has 1 aliphatic carbocycles. The van der Waals surface area contributed by atoms with E-state index in [9.17, 15) is 0 Å². The highest BCUT2D eigenvalue weighted by Gasteiger charge is 2.36. The summed E-state index contributed by atoms with van der Waals surface area (Å²) >= 11 is 0. The standard InChI is InChI=1S/C53H36/c1-53(2)48-28-14-13-26-46(48)52-40(27-15-29-49(52)53)39-30-31-45(37-20-7-6-19-36(37)39)50-41-22-9-11-24-43(41)51(44-25-12-10-23-42(44)50)47-32-33-16-3-4-17-34(33)35-18-5-8-21-38(35)47/h3-32H,1-2H3. The fourth-order valence-electron chi connectivity index (χ4n) is 9.70. The van der Waals surface area contributed by atoms with Gasteiger partial charge in [-0.05, 0) is 116 Å². The van der Waals surface area contributed by atoms with Crippen LogP contribution in [0.5, 0.6) is 0 Å². The Labute approximate surface area is 309 Å². The average Bonchev–Trinajstić information content (AvgIpc) is 3.45. The zero-order valence-corrected chi connectivity index (χ0v) is 29.8. The largest absolute Gasteiger partial charge is 0.0619 e. The second-order valence-corrected chi connectivity index (χ2v) is 15.1. The topological polar surface area (TPSA) is 0 Å². The van der Waals surface area contributed by atoms with E-state index in [1.807, 2.05) is 0 Å². The van der Waals surface area contributed by atoms with E-state index in [1.165, 1.54) is 109 Å². The third-order valence-corrected chi connectivity index (χ3v) is 12.1. The third kappa shape index (κ3) is 4.24. The van der Waals surface area contributed by atoms with E-state index in [2.05, 4.69) is 196 Å². The third-order valence-electron chi connectivity index (χ3n) is 12.1. The molecule has 0 unspecified atom stereocenters. The van der Waals surface area contributed by atoms with Gasteiger partial charge < -0.3 is 0 Å². The first-order valence-electron chi connectivity index (χ1n) is 18.7. The molecule has 0 saturated carbocycles. The average molecular weight is 673 g/mol. The number of hydrogen-bond donors (Lipinski definition) is 0. The smallest absolute Gasteiger partial charge is 0.0159 e. The van der Waals surface area contributed by atoms with Crippen molar-refractivity contribution in [3.05, 3.63) is 193 Å². The maximum atomic E-state index is 2.41. The zero-order chi connectivity index (χ0) is 35.3. The van der Waals surface area contributed by atoms with E-state index in [1.54, 1.807) is 0 Å². The molecule has 53 heavy (non-hydrogen) atoms. The second kappa shape index (κ2) is 11.2. The molecule has 1 aliphatic rings. The predicted molar refractivity (Wildman–Crippen MR) is 228 cm³/mol. The fraction of sp³-hybridized carbons (Fsp3) is 0.0566. The normalized spacial score (nSPS) is 13.2. The molecule has 0 heterocycles. The lowest BCUT2D eigenvalue weighted by atomic mass is 9.81. The molecule has 0 amide bonds. The van der Waals surface area contributed by atoms with Gasteiger partial charge in [0.2, 0.25) is 0 Å². The van der Waals surface area contributed by atoms with E-state index in [-0.39, 0.29) is 5.41 Å². The molecule has 0 bridgehead atoms. The van der Waals surface area contributed by atoms with Gasteiger partial charge in [0.1, 0.15) is 0 Å². The van der Waals surface area contributed by atoms with Gasteiger partial charge in [0, 0.05) is 5.41 Å². The summed E-state index contributed by atoms with van der Waals surface area (Å²) in [6.45, 7) is 4.73. The molecule has 0 atom stereocenters. The van der Waals surface area contributed by atoms with Gasteiger partial charge in [0.25, 0.3) is 0 Å². The van der Waals surface area contributed by atoms with Gasteiger partial charge in [-0.3, -0.25) is 0 Å². The van der Waals surface area contributed by atoms with Crippen LogP contribution in [-0.2, 0) is 5.41 Å². The molecule has 248 valence electrons. The number of hydrogen-bond acceptors (Lipinski definition) is 0. The molecular weight excluding hydrogens is 637 g/mol. The van der Waals surface area contributed by atoms with Crippen LogP contribution < -0.4 is 0 Å². The number of benzene rings is 10. The van der Waals surface area contributed by atoms with Crippen molar-refractivity contribution < 1.29 is 0 Å². The summed E-state index contributed by atoms with van der Waals surface area (Å²) in [4.78, 5) is 0. The molecule has 0 saturated heterocycles. The van der Waals surface area contributed by atoms with Crippen LogP contribution in [0.25, 0.3) is 98.4 Å². The molecule has 11 rings (SSSR count). The summed E-state index contributed by atoms with van der Waals surface area (Å²) in [5.74, 6) is 0. The van der Waals surface area contributed by atoms with Crippen molar-refractivity contribution in [2.75, 3.05) is 0 Å². The van der Waals surface area contributed by atoms with Crippen LogP contribution in [-0.4, -0.2) is 0 Å². The second-order valence-electron chi connectivity index (χ2n) is 15.1. The Morgan fingerprint density at radius 2 is 0.698 bits per heavy atom. The van der Waals surface area contributed by atoms with Crippen LogP contribution in [0.2, 0.25) is 0 Å². The van der Waals surface area contributed by atoms with Crippen LogP contribution in [0.4, 0.5) is 0 Å². The summed E-state index contributed by atoms with van der Waals surface area (Å²) in [7, 11) is 0. The van der Waals surface area contributed by atoms with Gasteiger partial charge in [-0.2, -0.15) is 0 Å². The maximum absolute atomic E-state index is 2.41. The monoisotopic (exact) mass is 672 g/mol. The lowest BCUT2D eigenvalue weighted by Gasteiger charge is -2.22. The highest BCUT2D eigenvalue weighted by atomic mass is 14.4. The SMILES string of the molecule is CC1(C)c2ccccc2-c2c(-c3ccc(-c4c5ccccc5c(-c5cc6ccccc6c6ccccc56)c5ccccc45)c4ccccc34)cccc21. The van der Waals surface area contributed by atoms with E-state index in [0.29, 0.717) is 0 Å². The maximum Gasteiger partial charge on any atom is 0.0159 e. The summed E-state index contributed by atoms with van der Waals surface area (Å²) in [5.41, 5.74) is 13.2. The van der Waals surface area contributed by atoms with Crippen molar-refractivity contribution in [3.63, 3.8) is 0 Å². The predicted octanol–water partition coefficient (Wildman–Crippen LogP) is 14.8. The minimum Gasteiger partial charge on any atom is -0.0619 e. The fourth-order valence-corrected chi connectivity index (χ4v) is 9.70. The van der Waals surface area contributed by atoms with E-state index in [4.69, 9.17) is 0 Å². The van der Waals surface area contributed by atoms with Gasteiger partial charge in [-0.1, -0.05) is 190 Å². The Bertz CT molecular complexity index is 3080. The van der Waals surface area contributed by atoms with Crippen molar-refractivity contribution in [1.82, 2.24) is 0 Å². The highest BCUT2D eigenvalue weighted by Crippen LogP contribution is 2.54. The summed E-state index contributed by atoms with van der Waals surface area (Å²) < 4.78 is 0. The molecule has 0 radical (unpaired) electrons. The molecule has 0 spiro atoms. The Balaban J connectivity index is 1.22. The van der Waals surface area contributed by atoms with Crippen LogP contribution in [0.1, 0.15) is 25.0 Å². The molecule has 0 fully saturated rings. The van der Waals surface area contributed by atoms with Gasteiger partial charge in [-0.15, -0.1) is 0 Å². The van der Waals surface area contributed by atoms with Gasteiger partial charge in [0.05, 0.1) is 0 Å². The van der Waals surface area contributed by atoms with Gasteiger partial charge >= 0.3 is 0 Å². The molecule has 10 aromatic carbocycles. The van der Waals surface area contributed by atoms with E-state index >= 15 is 0 Å². The first kappa shape index (κ1) is 30.2. The van der Waals surface area contributed by atoms with Gasteiger partial charge in [-0.25, -0.2) is 0 Å². The summed E-state index contributed by atoms with van der Waals surface area (Å²) in [5, 5.41) is 12.8. The number of fused-ring (bicyclic) bond motifs is 9. The first-order valence-corrected chi connectivity index (χ1v) is 18.7. The van der Waals surface area contributed by atoms with Crippen molar-refractivity contribution in [1.29, 1.82) is 0 Å². The van der Waals surface area contributed by atoms with Gasteiger partial charge in [0.15, 0.2) is 0 Å². The van der Waals surface area contributed by atoms with Crippen LogP contribution in [0.3, 0.4) is 0 Å². The van der Waals surface area contributed by atoms with Crippen LogP contribution >= 0.6 is 0 Å². The summed E-state index contributed by atoms with van der Waals surface area (Å²) in [6.07, 6.45) is 0.